The minimum atomic E-state index is -4.29. The summed E-state index contributed by atoms with van der Waals surface area (Å²) in [5.41, 5.74) is 2.72. The highest BCUT2D eigenvalue weighted by atomic mass is 35.5. The molecule has 8 nitrogen and oxygen atoms in total. The number of aryl methyl sites for hydroxylation is 1. The molecular weight excluding hydrogens is 610 g/mol. The van der Waals surface area contributed by atoms with E-state index in [1.54, 1.807) is 30.3 Å². The molecule has 0 radical (unpaired) electrons. The van der Waals surface area contributed by atoms with Crippen molar-refractivity contribution in [3.63, 3.8) is 0 Å². The van der Waals surface area contributed by atoms with Gasteiger partial charge >= 0.3 is 0 Å². The number of amides is 2. The molecule has 45 heavy (non-hydrogen) atoms. The van der Waals surface area contributed by atoms with Gasteiger partial charge in [-0.25, -0.2) is 8.42 Å². The summed E-state index contributed by atoms with van der Waals surface area (Å²) in [5.74, 6) is -0.691. The Hall–Kier alpha value is -4.34. The zero-order valence-corrected chi connectivity index (χ0v) is 27.4. The summed E-state index contributed by atoms with van der Waals surface area (Å²) in [4.78, 5) is 29.9. The summed E-state index contributed by atoms with van der Waals surface area (Å²) in [6, 6.07) is 28.3. The van der Waals surface area contributed by atoms with Gasteiger partial charge in [-0.3, -0.25) is 13.9 Å². The van der Waals surface area contributed by atoms with Crippen LogP contribution in [0.3, 0.4) is 0 Å². The normalized spacial score (nSPS) is 12.0. The van der Waals surface area contributed by atoms with Crippen molar-refractivity contribution >= 4 is 39.1 Å². The predicted octanol–water partition coefficient (Wildman–Crippen LogP) is 6.02. The number of sulfonamides is 1. The number of carbonyl (C=O) groups excluding carboxylic acids is 2. The highest BCUT2D eigenvalue weighted by molar-refractivity contribution is 7.92. The highest BCUT2D eigenvalue weighted by Gasteiger charge is 2.36. The zero-order valence-electron chi connectivity index (χ0n) is 25.8. The van der Waals surface area contributed by atoms with Gasteiger partial charge in [0.1, 0.15) is 18.3 Å². The average Bonchev–Trinajstić information content (AvgIpc) is 3.02. The summed E-state index contributed by atoms with van der Waals surface area (Å²) in [7, 11) is -2.88. The molecule has 4 aromatic carbocycles. The molecule has 4 aromatic rings. The summed E-state index contributed by atoms with van der Waals surface area (Å²) in [6.07, 6.45) is 0.225. The van der Waals surface area contributed by atoms with Crippen LogP contribution in [0.1, 0.15) is 30.5 Å². The lowest BCUT2D eigenvalue weighted by Crippen LogP contribution is -2.54. The molecule has 0 heterocycles. The summed E-state index contributed by atoms with van der Waals surface area (Å²) in [5, 5.41) is 3.23. The van der Waals surface area contributed by atoms with E-state index < -0.39 is 28.5 Å². The van der Waals surface area contributed by atoms with E-state index in [4.69, 9.17) is 16.3 Å². The van der Waals surface area contributed by atoms with Gasteiger partial charge in [0, 0.05) is 24.0 Å². The van der Waals surface area contributed by atoms with E-state index in [9.17, 15) is 18.0 Å². The standard InChI is InChI=1S/C35H38ClN3O5S/c1-25(2)37-35(41)32(21-27-14-7-5-8-15-27)38(23-28-16-12-11-13-26(28)3)34(40)24-39(31-22-29(36)19-20-33(31)44-4)45(42,43)30-17-9-6-10-18-30/h5-20,22,25,32H,21,23-24H2,1-4H3,(H,37,41)/t32-/m0/s1. The van der Waals surface area contributed by atoms with E-state index >= 15 is 0 Å². The van der Waals surface area contributed by atoms with Crippen LogP contribution < -0.4 is 14.4 Å². The molecular formula is C35H38ClN3O5S. The second-order valence-electron chi connectivity index (χ2n) is 11.0. The summed E-state index contributed by atoms with van der Waals surface area (Å²) in [6.45, 7) is 5.11. The van der Waals surface area contributed by atoms with Gasteiger partial charge in [-0.2, -0.15) is 0 Å². The fourth-order valence-electron chi connectivity index (χ4n) is 5.00. The van der Waals surface area contributed by atoms with Gasteiger partial charge in [0.2, 0.25) is 11.8 Å². The molecule has 0 aliphatic rings. The van der Waals surface area contributed by atoms with E-state index in [-0.39, 0.29) is 46.3 Å². The third kappa shape index (κ3) is 8.44. The maximum atomic E-state index is 14.6. The van der Waals surface area contributed by atoms with Crippen LogP contribution in [-0.2, 0) is 32.6 Å². The Morgan fingerprint density at radius 3 is 2.13 bits per heavy atom. The lowest BCUT2D eigenvalue weighted by Gasteiger charge is -2.34. The van der Waals surface area contributed by atoms with Crippen molar-refractivity contribution in [2.45, 2.75) is 50.7 Å². The molecule has 0 fully saturated rings. The maximum absolute atomic E-state index is 14.6. The molecule has 2 amide bonds. The fraction of sp³-hybridized carbons (Fsp3) is 0.257. The first-order valence-corrected chi connectivity index (χ1v) is 16.4. The third-order valence-corrected chi connectivity index (χ3v) is 9.33. The van der Waals surface area contributed by atoms with Crippen LogP contribution in [-0.4, -0.2) is 50.9 Å². The molecule has 10 heteroatoms. The monoisotopic (exact) mass is 647 g/mol. The van der Waals surface area contributed by atoms with Crippen LogP contribution >= 0.6 is 11.6 Å². The SMILES string of the molecule is COc1ccc(Cl)cc1N(CC(=O)N(Cc1ccccc1C)[C@@H](Cc1ccccc1)C(=O)NC(C)C)S(=O)(=O)c1ccccc1. The lowest BCUT2D eigenvalue weighted by molar-refractivity contribution is -0.140. The first-order chi connectivity index (χ1) is 21.5. The van der Waals surface area contributed by atoms with Crippen LogP contribution in [0.2, 0.25) is 5.02 Å². The quantitative estimate of drug-likeness (QED) is 0.192. The number of methoxy groups -OCH3 is 1. The van der Waals surface area contributed by atoms with Crippen molar-refractivity contribution in [1.82, 2.24) is 10.2 Å². The minimum Gasteiger partial charge on any atom is -0.495 e. The topological polar surface area (TPSA) is 96.0 Å². The van der Waals surface area contributed by atoms with Crippen LogP contribution in [0.25, 0.3) is 0 Å². The van der Waals surface area contributed by atoms with Crippen molar-refractivity contribution in [3.05, 3.63) is 125 Å². The molecule has 0 bridgehead atoms. The number of nitrogens with zero attached hydrogens (tertiary/aromatic N) is 2. The van der Waals surface area contributed by atoms with Crippen LogP contribution in [0.4, 0.5) is 5.69 Å². The smallest absolute Gasteiger partial charge is 0.264 e. The molecule has 0 unspecified atom stereocenters. The van der Waals surface area contributed by atoms with Gasteiger partial charge in [-0.05, 0) is 67.8 Å². The van der Waals surface area contributed by atoms with E-state index in [0.29, 0.717) is 0 Å². The second kappa shape index (κ2) is 15.1. The summed E-state index contributed by atoms with van der Waals surface area (Å²) < 4.78 is 34.9. The van der Waals surface area contributed by atoms with E-state index in [1.165, 1.54) is 30.2 Å². The number of rotatable bonds is 13. The molecule has 0 saturated carbocycles. The van der Waals surface area contributed by atoms with E-state index in [2.05, 4.69) is 5.32 Å². The zero-order chi connectivity index (χ0) is 32.6. The Labute approximate surface area is 270 Å². The van der Waals surface area contributed by atoms with Gasteiger partial charge in [0.15, 0.2) is 0 Å². The molecule has 1 atom stereocenters. The van der Waals surface area contributed by atoms with Gasteiger partial charge in [0.05, 0.1) is 17.7 Å². The predicted molar refractivity (Wildman–Crippen MR) is 178 cm³/mol. The molecule has 0 aliphatic heterocycles. The number of hydrogen-bond acceptors (Lipinski definition) is 5. The van der Waals surface area contributed by atoms with Crippen LogP contribution in [0.5, 0.6) is 5.75 Å². The van der Waals surface area contributed by atoms with Crippen molar-refractivity contribution < 1.29 is 22.7 Å². The molecule has 0 spiro atoms. The first kappa shape index (κ1) is 33.6. The molecule has 0 saturated heterocycles. The number of hydrogen-bond donors (Lipinski definition) is 1. The van der Waals surface area contributed by atoms with Gasteiger partial charge in [0.25, 0.3) is 10.0 Å². The minimum absolute atomic E-state index is 0.0105. The van der Waals surface area contributed by atoms with Gasteiger partial charge < -0.3 is 15.0 Å². The Bertz CT molecular complexity index is 1720. The van der Waals surface area contributed by atoms with Gasteiger partial charge in [-0.15, -0.1) is 0 Å². The van der Waals surface area contributed by atoms with Crippen molar-refractivity contribution in [2.24, 2.45) is 0 Å². The van der Waals surface area contributed by atoms with Crippen molar-refractivity contribution in [1.29, 1.82) is 0 Å². The Morgan fingerprint density at radius 2 is 1.51 bits per heavy atom. The number of anilines is 1. The van der Waals surface area contributed by atoms with Crippen molar-refractivity contribution in [2.75, 3.05) is 18.0 Å². The number of carbonyl (C=O) groups is 2. The number of ether oxygens (including phenoxy) is 1. The fourth-order valence-corrected chi connectivity index (χ4v) is 6.60. The van der Waals surface area contributed by atoms with Gasteiger partial charge in [-0.1, -0.05) is 84.4 Å². The number of halogens is 1. The molecule has 236 valence electrons. The molecule has 0 aliphatic carbocycles. The average molecular weight is 648 g/mol. The van der Waals surface area contributed by atoms with Crippen LogP contribution in [0.15, 0.2) is 108 Å². The third-order valence-electron chi connectivity index (χ3n) is 7.32. The lowest BCUT2D eigenvalue weighted by atomic mass is 10.0. The Balaban J connectivity index is 1.86. The van der Waals surface area contributed by atoms with E-state index in [0.717, 1.165) is 21.0 Å². The molecule has 1 N–H and O–H groups in total. The van der Waals surface area contributed by atoms with Crippen molar-refractivity contribution in [3.8, 4) is 5.75 Å². The Morgan fingerprint density at radius 1 is 0.889 bits per heavy atom. The summed E-state index contributed by atoms with van der Waals surface area (Å²) >= 11 is 6.34. The van der Waals surface area contributed by atoms with E-state index in [1.807, 2.05) is 75.4 Å². The molecule has 4 rings (SSSR count). The second-order valence-corrected chi connectivity index (χ2v) is 13.3. The number of benzene rings is 4. The number of nitrogens with one attached hydrogen (secondary N) is 1. The Kier molecular flexibility index (Phi) is 11.3. The maximum Gasteiger partial charge on any atom is 0.264 e. The first-order valence-electron chi connectivity index (χ1n) is 14.6. The molecule has 0 aromatic heterocycles. The van der Waals surface area contributed by atoms with Crippen LogP contribution in [0, 0.1) is 6.92 Å². The largest absolute Gasteiger partial charge is 0.495 e. The highest BCUT2D eigenvalue weighted by Crippen LogP contribution is 2.35.